The molecule has 0 atom stereocenters. The van der Waals surface area contributed by atoms with E-state index < -0.39 is 5.97 Å². The van der Waals surface area contributed by atoms with Gasteiger partial charge in [-0.05, 0) is 25.0 Å². The molecule has 1 N–H and O–H groups in total. The average molecular weight is 328 g/mol. The van der Waals surface area contributed by atoms with Crippen LogP contribution in [-0.4, -0.2) is 54.3 Å². The van der Waals surface area contributed by atoms with Crippen LogP contribution < -0.4 is 4.74 Å². The fourth-order valence-corrected chi connectivity index (χ4v) is 2.54. The second-order valence-corrected chi connectivity index (χ2v) is 5.39. The van der Waals surface area contributed by atoms with Gasteiger partial charge in [-0.15, -0.1) is 0 Å². The zero-order valence-corrected chi connectivity index (χ0v) is 12.8. The number of hydrogen-bond donors (Lipinski definition) is 1. The molecule has 0 aromatic heterocycles. The number of hydrogen-bond acceptors (Lipinski definition) is 4. The molecule has 1 aliphatic rings. The third kappa shape index (κ3) is 4.61. The SMILES string of the molecule is O=C(O)CN(C(=O)COc1ccccc1Cl)C1CCOCC1. The Morgan fingerprint density at radius 2 is 2.00 bits per heavy atom. The van der Waals surface area contributed by atoms with E-state index in [1.54, 1.807) is 24.3 Å². The van der Waals surface area contributed by atoms with E-state index in [-0.39, 0.29) is 25.1 Å². The number of rotatable bonds is 6. The van der Waals surface area contributed by atoms with Crippen molar-refractivity contribution in [2.75, 3.05) is 26.4 Å². The minimum atomic E-state index is -1.04. The minimum absolute atomic E-state index is 0.132. The smallest absolute Gasteiger partial charge is 0.323 e. The molecule has 0 spiro atoms. The Bertz CT molecular complexity index is 530. The molecular weight excluding hydrogens is 310 g/mol. The molecule has 2 rings (SSSR count). The first-order chi connectivity index (χ1) is 10.6. The third-order valence-corrected chi connectivity index (χ3v) is 3.76. The van der Waals surface area contributed by atoms with Crippen LogP contribution in [0.25, 0.3) is 0 Å². The molecule has 22 heavy (non-hydrogen) atoms. The van der Waals surface area contributed by atoms with Gasteiger partial charge in [0.1, 0.15) is 12.3 Å². The molecule has 1 aromatic rings. The van der Waals surface area contributed by atoms with E-state index in [2.05, 4.69) is 0 Å². The van der Waals surface area contributed by atoms with Crippen LogP contribution in [0.1, 0.15) is 12.8 Å². The van der Waals surface area contributed by atoms with Crippen molar-refractivity contribution >= 4 is 23.5 Å². The summed E-state index contributed by atoms with van der Waals surface area (Å²) in [7, 11) is 0. The standard InChI is InChI=1S/C15H18ClNO5/c16-12-3-1-2-4-13(12)22-10-14(18)17(9-15(19)20)11-5-7-21-8-6-11/h1-4,11H,5-10H2,(H,19,20). The molecule has 0 unspecified atom stereocenters. The van der Waals surface area contributed by atoms with Crippen molar-refractivity contribution in [3.8, 4) is 5.75 Å². The lowest BCUT2D eigenvalue weighted by atomic mass is 10.1. The van der Waals surface area contributed by atoms with Gasteiger partial charge in [0.15, 0.2) is 6.61 Å². The summed E-state index contributed by atoms with van der Waals surface area (Å²) in [6.07, 6.45) is 1.26. The summed E-state index contributed by atoms with van der Waals surface area (Å²) in [5.74, 6) is -1.01. The summed E-state index contributed by atoms with van der Waals surface area (Å²) in [5.41, 5.74) is 0. The van der Waals surface area contributed by atoms with Crippen molar-refractivity contribution in [3.63, 3.8) is 0 Å². The first kappa shape index (κ1) is 16.6. The number of halogens is 1. The first-order valence-corrected chi connectivity index (χ1v) is 7.42. The van der Waals surface area contributed by atoms with E-state index in [1.807, 2.05) is 0 Å². The third-order valence-electron chi connectivity index (χ3n) is 3.45. The van der Waals surface area contributed by atoms with E-state index in [0.717, 1.165) is 0 Å². The predicted molar refractivity (Wildman–Crippen MR) is 80.1 cm³/mol. The lowest BCUT2D eigenvalue weighted by Gasteiger charge is -2.33. The quantitative estimate of drug-likeness (QED) is 0.862. The van der Waals surface area contributed by atoms with Gasteiger partial charge < -0.3 is 19.5 Å². The van der Waals surface area contributed by atoms with Crippen molar-refractivity contribution < 1.29 is 24.2 Å². The van der Waals surface area contributed by atoms with Crippen LogP contribution in [0.3, 0.4) is 0 Å². The predicted octanol–water partition coefficient (Wildman–Crippen LogP) is 1.81. The summed E-state index contributed by atoms with van der Waals surface area (Å²) in [6.45, 7) is 0.475. The molecule has 6 nitrogen and oxygen atoms in total. The molecule has 1 fully saturated rings. The zero-order chi connectivity index (χ0) is 15.9. The summed E-state index contributed by atoms with van der Waals surface area (Å²) >= 11 is 5.96. The summed E-state index contributed by atoms with van der Waals surface area (Å²) in [5, 5.41) is 9.41. The highest BCUT2D eigenvalue weighted by Gasteiger charge is 2.27. The van der Waals surface area contributed by atoms with E-state index in [9.17, 15) is 9.59 Å². The van der Waals surface area contributed by atoms with Gasteiger partial charge in [-0.2, -0.15) is 0 Å². The van der Waals surface area contributed by atoms with Crippen molar-refractivity contribution in [1.29, 1.82) is 0 Å². The van der Waals surface area contributed by atoms with E-state index in [1.165, 1.54) is 4.90 Å². The van der Waals surface area contributed by atoms with E-state index in [0.29, 0.717) is 36.8 Å². The monoisotopic (exact) mass is 327 g/mol. The summed E-state index contributed by atoms with van der Waals surface area (Å²) in [6, 6.07) is 6.70. The Kier molecular flexibility index (Phi) is 6.03. The number of benzene rings is 1. The van der Waals surface area contributed by atoms with Crippen LogP contribution in [0, 0.1) is 0 Å². The number of carbonyl (C=O) groups excluding carboxylic acids is 1. The Hall–Kier alpha value is -1.79. The number of carboxylic acids is 1. The van der Waals surface area contributed by atoms with Gasteiger partial charge in [-0.25, -0.2) is 0 Å². The molecule has 0 bridgehead atoms. The van der Waals surface area contributed by atoms with Crippen molar-refractivity contribution in [2.45, 2.75) is 18.9 Å². The number of carboxylic acid groups (broad SMARTS) is 1. The summed E-state index contributed by atoms with van der Waals surface area (Å²) < 4.78 is 10.7. The molecule has 1 aromatic carbocycles. The molecular formula is C15H18ClNO5. The highest BCUT2D eigenvalue weighted by molar-refractivity contribution is 6.32. The molecule has 0 aliphatic carbocycles. The van der Waals surface area contributed by atoms with Gasteiger partial charge in [-0.1, -0.05) is 23.7 Å². The normalized spacial score (nSPS) is 15.3. The van der Waals surface area contributed by atoms with Crippen LogP contribution in [0.5, 0.6) is 5.75 Å². The van der Waals surface area contributed by atoms with Crippen molar-refractivity contribution in [3.05, 3.63) is 29.3 Å². The number of amides is 1. The van der Waals surface area contributed by atoms with Crippen LogP contribution in [0.2, 0.25) is 5.02 Å². The van der Waals surface area contributed by atoms with Crippen LogP contribution >= 0.6 is 11.6 Å². The fourth-order valence-electron chi connectivity index (χ4n) is 2.35. The maximum absolute atomic E-state index is 12.3. The van der Waals surface area contributed by atoms with Crippen LogP contribution in [-0.2, 0) is 14.3 Å². The van der Waals surface area contributed by atoms with E-state index in [4.69, 9.17) is 26.2 Å². The summed E-state index contributed by atoms with van der Waals surface area (Å²) in [4.78, 5) is 24.7. The zero-order valence-electron chi connectivity index (χ0n) is 12.0. The van der Waals surface area contributed by atoms with E-state index >= 15 is 0 Å². The Labute approximate surface area is 133 Å². The van der Waals surface area contributed by atoms with Gasteiger partial charge in [0.2, 0.25) is 0 Å². The van der Waals surface area contributed by atoms with Gasteiger partial charge in [-0.3, -0.25) is 9.59 Å². The molecule has 0 radical (unpaired) electrons. The number of ether oxygens (including phenoxy) is 2. The second-order valence-electron chi connectivity index (χ2n) is 4.98. The minimum Gasteiger partial charge on any atom is -0.482 e. The number of para-hydroxylation sites is 1. The van der Waals surface area contributed by atoms with Gasteiger partial charge in [0, 0.05) is 19.3 Å². The lowest BCUT2D eigenvalue weighted by molar-refractivity contribution is -0.148. The molecule has 1 aliphatic heterocycles. The number of nitrogens with zero attached hydrogens (tertiary/aromatic N) is 1. The Morgan fingerprint density at radius 1 is 1.32 bits per heavy atom. The number of aliphatic carboxylic acids is 1. The first-order valence-electron chi connectivity index (χ1n) is 7.04. The number of carbonyl (C=O) groups is 2. The highest BCUT2D eigenvalue weighted by Crippen LogP contribution is 2.23. The van der Waals surface area contributed by atoms with Crippen molar-refractivity contribution in [1.82, 2.24) is 4.90 Å². The fraction of sp³-hybridized carbons (Fsp3) is 0.467. The molecule has 1 saturated heterocycles. The molecule has 7 heteroatoms. The Balaban J connectivity index is 1.98. The molecule has 1 heterocycles. The largest absolute Gasteiger partial charge is 0.482 e. The van der Waals surface area contributed by atoms with Gasteiger partial charge in [0.25, 0.3) is 5.91 Å². The second kappa shape index (κ2) is 8.00. The van der Waals surface area contributed by atoms with Crippen LogP contribution in [0.4, 0.5) is 0 Å². The molecule has 120 valence electrons. The van der Waals surface area contributed by atoms with Gasteiger partial charge in [0.05, 0.1) is 5.02 Å². The Morgan fingerprint density at radius 3 is 2.64 bits per heavy atom. The highest BCUT2D eigenvalue weighted by atomic mass is 35.5. The average Bonchev–Trinajstić information content (AvgIpc) is 2.52. The maximum atomic E-state index is 12.3. The van der Waals surface area contributed by atoms with Crippen molar-refractivity contribution in [2.24, 2.45) is 0 Å². The van der Waals surface area contributed by atoms with Gasteiger partial charge >= 0.3 is 5.97 Å². The lowest BCUT2D eigenvalue weighted by Crippen LogP contribution is -2.47. The topological polar surface area (TPSA) is 76.1 Å². The molecule has 1 amide bonds. The van der Waals surface area contributed by atoms with Crippen LogP contribution in [0.15, 0.2) is 24.3 Å². The molecule has 0 saturated carbocycles. The maximum Gasteiger partial charge on any atom is 0.323 e.